The average molecular weight is 391 g/mol. The highest BCUT2D eigenvalue weighted by Gasteiger charge is 2.28. The van der Waals surface area contributed by atoms with E-state index in [-0.39, 0.29) is 18.2 Å². The van der Waals surface area contributed by atoms with Crippen molar-refractivity contribution in [3.63, 3.8) is 0 Å². The Hall–Kier alpha value is -3.99. The maximum Gasteiger partial charge on any atom is 0.338 e. The third kappa shape index (κ3) is 4.30. The third-order valence-corrected chi connectivity index (χ3v) is 3.98. The smallest absolute Gasteiger partial charge is 0.338 e. The number of hydrogen-bond donors (Lipinski definition) is 0. The zero-order valence-electron chi connectivity index (χ0n) is 15.8. The third-order valence-electron chi connectivity index (χ3n) is 3.98. The molecule has 0 N–H and O–H groups in total. The van der Waals surface area contributed by atoms with Gasteiger partial charge in [0.05, 0.1) is 36.4 Å². The van der Waals surface area contributed by atoms with E-state index in [0.717, 1.165) is 0 Å². The fourth-order valence-electron chi connectivity index (χ4n) is 2.59. The van der Waals surface area contributed by atoms with Crippen LogP contribution in [0.15, 0.2) is 48.5 Å². The summed E-state index contributed by atoms with van der Waals surface area (Å²) in [5, 5.41) is 9.47. The van der Waals surface area contributed by atoms with E-state index in [0.29, 0.717) is 22.3 Å². The van der Waals surface area contributed by atoms with Crippen LogP contribution in [-0.2, 0) is 14.3 Å². The Morgan fingerprint density at radius 2 is 1.72 bits per heavy atom. The van der Waals surface area contributed by atoms with Crippen LogP contribution in [0.5, 0.6) is 11.6 Å². The number of carbonyl (C=O) groups is 2. The molecule has 0 saturated carbocycles. The van der Waals surface area contributed by atoms with Crippen LogP contribution in [-0.4, -0.2) is 35.6 Å². The number of ether oxygens (including phenoxy) is 3. The molecule has 0 spiro atoms. The molecule has 2 aromatic carbocycles. The molecule has 146 valence electrons. The number of benzene rings is 2. The summed E-state index contributed by atoms with van der Waals surface area (Å²) >= 11 is 0. The summed E-state index contributed by atoms with van der Waals surface area (Å²) in [6, 6.07) is 15.1. The van der Waals surface area contributed by atoms with Crippen molar-refractivity contribution in [2.75, 3.05) is 13.7 Å². The number of carbonyl (C=O) groups excluding carboxylic acids is 2. The first-order chi connectivity index (χ1) is 14.1. The van der Waals surface area contributed by atoms with E-state index in [4.69, 9.17) is 14.2 Å². The first-order valence-electron chi connectivity index (χ1n) is 8.76. The van der Waals surface area contributed by atoms with Crippen molar-refractivity contribution in [2.45, 2.75) is 12.8 Å². The van der Waals surface area contributed by atoms with Gasteiger partial charge in [-0.15, -0.1) is 0 Å². The summed E-state index contributed by atoms with van der Waals surface area (Å²) in [4.78, 5) is 32.6. The highest BCUT2D eigenvalue weighted by molar-refractivity contribution is 5.89. The van der Waals surface area contributed by atoms with Crippen LogP contribution >= 0.6 is 0 Å². The molecule has 0 fully saturated rings. The Kier molecular flexibility index (Phi) is 6.00. The fourth-order valence-corrected chi connectivity index (χ4v) is 2.59. The van der Waals surface area contributed by atoms with Gasteiger partial charge in [0.1, 0.15) is 11.4 Å². The van der Waals surface area contributed by atoms with E-state index >= 15 is 0 Å². The molecule has 0 saturated heterocycles. The van der Waals surface area contributed by atoms with Gasteiger partial charge in [-0.25, -0.2) is 14.8 Å². The van der Waals surface area contributed by atoms with E-state index < -0.39 is 17.9 Å². The monoisotopic (exact) mass is 391 g/mol. The maximum absolute atomic E-state index is 12.0. The number of rotatable bonds is 6. The predicted molar refractivity (Wildman–Crippen MR) is 102 cm³/mol. The van der Waals surface area contributed by atoms with E-state index in [9.17, 15) is 14.9 Å². The van der Waals surface area contributed by atoms with Crippen LogP contribution < -0.4 is 4.74 Å². The number of nitriles is 1. The Labute approximate surface area is 166 Å². The summed E-state index contributed by atoms with van der Waals surface area (Å²) in [5.74, 6) is -2.15. The molecule has 29 heavy (non-hydrogen) atoms. The molecular formula is C21H17N3O5. The van der Waals surface area contributed by atoms with Gasteiger partial charge < -0.3 is 14.2 Å². The molecule has 3 aromatic rings. The van der Waals surface area contributed by atoms with Crippen LogP contribution in [0.1, 0.15) is 28.9 Å². The van der Waals surface area contributed by atoms with E-state index in [1.165, 1.54) is 7.11 Å². The minimum Gasteiger partial charge on any atom is -0.468 e. The molecule has 0 aliphatic rings. The number of hydrogen-bond acceptors (Lipinski definition) is 8. The van der Waals surface area contributed by atoms with Crippen molar-refractivity contribution in [3.05, 3.63) is 59.8 Å². The number of methoxy groups -OCH3 is 1. The summed E-state index contributed by atoms with van der Waals surface area (Å²) in [7, 11) is 1.19. The second kappa shape index (κ2) is 8.80. The largest absolute Gasteiger partial charge is 0.468 e. The predicted octanol–water partition coefficient (Wildman–Crippen LogP) is 3.38. The molecule has 1 heterocycles. The lowest BCUT2D eigenvalue weighted by Crippen LogP contribution is -2.15. The van der Waals surface area contributed by atoms with Crippen molar-refractivity contribution >= 4 is 23.0 Å². The van der Waals surface area contributed by atoms with Crippen LogP contribution in [0.2, 0.25) is 0 Å². The molecule has 0 aliphatic carbocycles. The van der Waals surface area contributed by atoms with Crippen LogP contribution in [0.25, 0.3) is 11.0 Å². The van der Waals surface area contributed by atoms with Gasteiger partial charge in [0.15, 0.2) is 5.92 Å². The first-order valence-corrected chi connectivity index (χ1v) is 8.76. The minimum atomic E-state index is -1.30. The van der Waals surface area contributed by atoms with Crippen molar-refractivity contribution < 1.29 is 23.8 Å². The van der Waals surface area contributed by atoms with Gasteiger partial charge in [0, 0.05) is 0 Å². The van der Waals surface area contributed by atoms with Crippen LogP contribution in [0.3, 0.4) is 0 Å². The molecule has 8 nitrogen and oxygen atoms in total. The average Bonchev–Trinajstić information content (AvgIpc) is 2.75. The fraction of sp³-hybridized carbons (Fsp3) is 0.190. The topological polar surface area (TPSA) is 111 Å². The lowest BCUT2D eigenvalue weighted by Gasteiger charge is -2.13. The Balaban J connectivity index is 2.01. The van der Waals surface area contributed by atoms with Crippen LogP contribution in [0.4, 0.5) is 0 Å². The zero-order valence-corrected chi connectivity index (χ0v) is 15.8. The van der Waals surface area contributed by atoms with Gasteiger partial charge in [-0.1, -0.05) is 12.1 Å². The normalized spacial score (nSPS) is 11.3. The summed E-state index contributed by atoms with van der Waals surface area (Å²) in [6.45, 7) is 2.00. The maximum atomic E-state index is 12.0. The lowest BCUT2D eigenvalue weighted by atomic mass is 10.1. The Bertz CT molecular complexity index is 1090. The molecular weight excluding hydrogens is 374 g/mol. The lowest BCUT2D eigenvalue weighted by molar-refractivity contribution is -0.141. The first kappa shape index (κ1) is 19.8. The van der Waals surface area contributed by atoms with E-state index in [1.807, 2.05) is 6.07 Å². The number of aromatic nitrogens is 2. The van der Waals surface area contributed by atoms with Crippen molar-refractivity contribution in [1.29, 1.82) is 5.26 Å². The van der Waals surface area contributed by atoms with Gasteiger partial charge in [0.2, 0.25) is 5.88 Å². The summed E-state index contributed by atoms with van der Waals surface area (Å²) < 4.78 is 15.5. The number of nitrogens with zero attached hydrogens (tertiary/aromatic N) is 3. The summed E-state index contributed by atoms with van der Waals surface area (Å²) in [5.41, 5.74) is 1.47. The second-order valence-corrected chi connectivity index (χ2v) is 5.83. The van der Waals surface area contributed by atoms with Crippen LogP contribution in [0, 0.1) is 11.3 Å². The molecule has 0 radical (unpaired) electrons. The number of fused-ring (bicyclic) bond motifs is 1. The van der Waals surface area contributed by atoms with Gasteiger partial charge in [-0.2, -0.15) is 5.26 Å². The van der Waals surface area contributed by atoms with E-state index in [2.05, 4.69) is 9.97 Å². The quantitative estimate of drug-likeness (QED) is 0.588. The summed E-state index contributed by atoms with van der Waals surface area (Å²) in [6.07, 6.45) is 0. The van der Waals surface area contributed by atoms with E-state index in [1.54, 1.807) is 55.5 Å². The molecule has 8 heteroatoms. The van der Waals surface area contributed by atoms with Gasteiger partial charge in [-0.3, -0.25) is 4.79 Å². The van der Waals surface area contributed by atoms with Gasteiger partial charge >= 0.3 is 11.9 Å². The highest BCUT2D eigenvalue weighted by atomic mass is 16.5. The Morgan fingerprint density at radius 3 is 2.31 bits per heavy atom. The van der Waals surface area contributed by atoms with Crippen molar-refractivity contribution in [3.8, 4) is 17.7 Å². The zero-order chi connectivity index (χ0) is 20.8. The molecule has 1 aromatic heterocycles. The standard InChI is InChI=1S/C21H17N3O5/c1-3-28-20(25)13-8-10-14(11-9-13)29-19-18(15(12-22)21(26)27-2)23-16-6-4-5-7-17(16)24-19/h4-11,15H,3H2,1-2H3/t15-/m1/s1. The number of para-hydroxylation sites is 2. The molecule has 3 rings (SSSR count). The molecule has 0 aliphatic heterocycles. The van der Waals surface area contributed by atoms with Gasteiger partial charge in [-0.05, 0) is 43.3 Å². The second-order valence-electron chi connectivity index (χ2n) is 5.83. The SMILES string of the molecule is CCOC(=O)c1ccc(Oc2nc3ccccc3nc2[C@@H](C#N)C(=O)OC)cc1. The Morgan fingerprint density at radius 1 is 1.07 bits per heavy atom. The molecule has 0 amide bonds. The van der Waals surface area contributed by atoms with Crippen molar-refractivity contribution in [2.24, 2.45) is 0 Å². The molecule has 1 atom stereocenters. The minimum absolute atomic E-state index is 0.00420. The van der Waals surface area contributed by atoms with Gasteiger partial charge in [0.25, 0.3) is 0 Å². The molecule has 0 bridgehead atoms. The number of esters is 2. The van der Waals surface area contributed by atoms with Crippen molar-refractivity contribution in [1.82, 2.24) is 9.97 Å². The highest BCUT2D eigenvalue weighted by Crippen LogP contribution is 2.30. The molecule has 0 unspecified atom stereocenters.